The van der Waals surface area contributed by atoms with Crippen LogP contribution in [0.4, 0.5) is 5.69 Å². The van der Waals surface area contributed by atoms with Crippen molar-refractivity contribution in [1.82, 2.24) is 0 Å². The summed E-state index contributed by atoms with van der Waals surface area (Å²) >= 11 is 5.78. The molecule has 0 saturated carbocycles. The highest BCUT2D eigenvalue weighted by Gasteiger charge is 2.24. The molecule has 4 nitrogen and oxygen atoms in total. The molecule has 0 spiro atoms. The number of rotatable bonds is 2. The van der Waals surface area contributed by atoms with E-state index in [9.17, 15) is 9.59 Å². The van der Waals surface area contributed by atoms with Crippen molar-refractivity contribution in [3.8, 4) is 0 Å². The number of aryl methyl sites for hydroxylation is 1. The SMILES string of the molecule is O=C(Nc1ccc(Cl)cc1)c1cc2c(o1)CCCC2=O. The number of fused-ring (bicyclic) bond motifs is 1. The normalized spacial score (nSPS) is 13.9. The van der Waals surface area contributed by atoms with Crippen molar-refractivity contribution in [2.75, 3.05) is 5.32 Å². The third-order valence-corrected chi connectivity index (χ3v) is 3.49. The van der Waals surface area contributed by atoms with Crippen molar-refractivity contribution >= 4 is 29.0 Å². The average molecular weight is 290 g/mol. The lowest BCUT2D eigenvalue weighted by Gasteiger charge is -2.06. The number of carbonyl (C=O) groups is 2. The molecule has 1 heterocycles. The van der Waals surface area contributed by atoms with Crippen molar-refractivity contribution < 1.29 is 14.0 Å². The van der Waals surface area contributed by atoms with E-state index in [4.69, 9.17) is 16.0 Å². The minimum absolute atomic E-state index is 0.0422. The van der Waals surface area contributed by atoms with Gasteiger partial charge < -0.3 is 9.73 Å². The molecule has 0 atom stereocenters. The van der Waals surface area contributed by atoms with E-state index < -0.39 is 0 Å². The van der Waals surface area contributed by atoms with E-state index in [1.54, 1.807) is 24.3 Å². The third kappa shape index (κ3) is 2.47. The summed E-state index contributed by atoms with van der Waals surface area (Å²) < 4.78 is 5.48. The number of benzene rings is 1. The zero-order valence-electron chi connectivity index (χ0n) is 10.6. The average Bonchev–Trinajstić information content (AvgIpc) is 2.87. The Morgan fingerprint density at radius 1 is 1.20 bits per heavy atom. The van der Waals surface area contributed by atoms with Crippen LogP contribution in [0.25, 0.3) is 0 Å². The van der Waals surface area contributed by atoms with Gasteiger partial charge in [-0.25, -0.2) is 0 Å². The van der Waals surface area contributed by atoms with Crippen molar-refractivity contribution in [1.29, 1.82) is 0 Å². The van der Waals surface area contributed by atoms with Crippen LogP contribution in [0.1, 0.15) is 39.5 Å². The fraction of sp³-hybridized carbons (Fsp3) is 0.200. The van der Waals surface area contributed by atoms with E-state index in [0.29, 0.717) is 34.9 Å². The Morgan fingerprint density at radius 2 is 1.95 bits per heavy atom. The monoisotopic (exact) mass is 289 g/mol. The van der Waals surface area contributed by atoms with E-state index in [1.165, 1.54) is 6.07 Å². The maximum Gasteiger partial charge on any atom is 0.291 e. The third-order valence-electron chi connectivity index (χ3n) is 3.24. The second kappa shape index (κ2) is 5.13. The summed E-state index contributed by atoms with van der Waals surface area (Å²) in [5.41, 5.74) is 1.16. The van der Waals surface area contributed by atoms with Crippen LogP contribution >= 0.6 is 11.6 Å². The first-order valence-electron chi connectivity index (χ1n) is 6.36. The zero-order chi connectivity index (χ0) is 14.1. The second-order valence-electron chi connectivity index (χ2n) is 4.69. The van der Waals surface area contributed by atoms with Crippen LogP contribution in [0.5, 0.6) is 0 Å². The number of carbonyl (C=O) groups excluding carboxylic acids is 2. The minimum Gasteiger partial charge on any atom is -0.455 e. The van der Waals surface area contributed by atoms with E-state index in [-0.39, 0.29) is 17.5 Å². The summed E-state index contributed by atoms with van der Waals surface area (Å²) in [6.07, 6.45) is 2.00. The summed E-state index contributed by atoms with van der Waals surface area (Å²) in [5, 5.41) is 3.31. The maximum absolute atomic E-state index is 12.1. The topological polar surface area (TPSA) is 59.3 Å². The molecule has 0 bridgehead atoms. The summed E-state index contributed by atoms with van der Waals surface area (Å²) in [6.45, 7) is 0. The van der Waals surface area contributed by atoms with Crippen LogP contribution in [-0.2, 0) is 6.42 Å². The molecule has 1 aliphatic carbocycles. The Kier molecular flexibility index (Phi) is 3.32. The molecule has 0 saturated heterocycles. The number of halogens is 1. The molecule has 20 heavy (non-hydrogen) atoms. The summed E-state index contributed by atoms with van der Waals surface area (Å²) in [5.74, 6) is 0.456. The first-order chi connectivity index (χ1) is 9.63. The number of amides is 1. The first kappa shape index (κ1) is 12.9. The first-order valence-corrected chi connectivity index (χ1v) is 6.74. The van der Waals surface area contributed by atoms with Gasteiger partial charge in [0.1, 0.15) is 5.76 Å². The number of nitrogens with one attached hydrogen (secondary N) is 1. The Labute approximate surface area is 120 Å². The molecule has 0 fully saturated rings. The summed E-state index contributed by atoms with van der Waals surface area (Å²) in [7, 11) is 0. The quantitative estimate of drug-likeness (QED) is 0.917. The predicted molar refractivity (Wildman–Crippen MR) is 75.4 cm³/mol. The lowest BCUT2D eigenvalue weighted by Crippen LogP contribution is -2.10. The molecular formula is C15H12ClNO3. The molecule has 102 valence electrons. The Bertz CT molecular complexity index is 673. The molecule has 5 heteroatoms. The Morgan fingerprint density at radius 3 is 2.65 bits per heavy atom. The highest BCUT2D eigenvalue weighted by atomic mass is 35.5. The molecule has 0 aliphatic heterocycles. The fourth-order valence-electron chi connectivity index (χ4n) is 2.23. The van der Waals surface area contributed by atoms with Crippen molar-refractivity contribution in [3.05, 3.63) is 52.4 Å². The molecule has 2 aromatic rings. The van der Waals surface area contributed by atoms with Crippen molar-refractivity contribution in [3.63, 3.8) is 0 Å². The van der Waals surface area contributed by atoms with Gasteiger partial charge in [0.2, 0.25) is 0 Å². The smallest absolute Gasteiger partial charge is 0.291 e. The molecule has 0 unspecified atom stereocenters. The van der Waals surface area contributed by atoms with Gasteiger partial charge in [0.05, 0.1) is 5.56 Å². The number of ketones is 1. The van der Waals surface area contributed by atoms with Crippen molar-refractivity contribution in [2.45, 2.75) is 19.3 Å². The lowest BCUT2D eigenvalue weighted by atomic mass is 9.97. The van der Waals surface area contributed by atoms with Crippen LogP contribution in [0, 0.1) is 0 Å². The van der Waals surface area contributed by atoms with Crippen LogP contribution < -0.4 is 5.32 Å². The van der Waals surface area contributed by atoms with Gasteiger partial charge in [-0.1, -0.05) is 11.6 Å². The van der Waals surface area contributed by atoms with Crippen LogP contribution in [-0.4, -0.2) is 11.7 Å². The van der Waals surface area contributed by atoms with E-state index in [1.807, 2.05) is 0 Å². The fourth-order valence-corrected chi connectivity index (χ4v) is 2.36. The number of hydrogen-bond donors (Lipinski definition) is 1. The van der Waals surface area contributed by atoms with Gasteiger partial charge in [-0.05, 0) is 30.7 Å². The van der Waals surface area contributed by atoms with Crippen molar-refractivity contribution in [2.24, 2.45) is 0 Å². The van der Waals surface area contributed by atoms with Gasteiger partial charge >= 0.3 is 0 Å². The van der Waals surface area contributed by atoms with E-state index in [0.717, 1.165) is 6.42 Å². The summed E-state index contributed by atoms with van der Waals surface area (Å²) in [6, 6.07) is 8.31. The Balaban J connectivity index is 1.81. The Hall–Kier alpha value is -2.07. The molecule has 1 amide bonds. The number of hydrogen-bond acceptors (Lipinski definition) is 3. The van der Waals surface area contributed by atoms with E-state index >= 15 is 0 Å². The molecule has 1 N–H and O–H groups in total. The lowest BCUT2D eigenvalue weighted by molar-refractivity contribution is 0.0963. The largest absolute Gasteiger partial charge is 0.455 e. The zero-order valence-corrected chi connectivity index (χ0v) is 11.4. The number of anilines is 1. The summed E-state index contributed by atoms with van der Waals surface area (Å²) in [4.78, 5) is 23.8. The van der Waals surface area contributed by atoms with Gasteiger partial charge in [-0.3, -0.25) is 9.59 Å². The van der Waals surface area contributed by atoms with Gasteiger partial charge in [0, 0.05) is 29.6 Å². The second-order valence-corrected chi connectivity index (χ2v) is 5.12. The molecular weight excluding hydrogens is 278 g/mol. The number of furan rings is 1. The highest BCUT2D eigenvalue weighted by Crippen LogP contribution is 2.25. The number of Topliss-reactive ketones (excluding diaryl/α,β-unsaturated/α-hetero) is 1. The van der Waals surface area contributed by atoms with Crippen LogP contribution in [0.2, 0.25) is 5.02 Å². The van der Waals surface area contributed by atoms with Gasteiger partial charge in [-0.15, -0.1) is 0 Å². The molecule has 0 radical (unpaired) electrons. The standard InChI is InChI=1S/C15H12ClNO3/c16-9-4-6-10(7-5-9)17-15(19)14-8-11-12(18)2-1-3-13(11)20-14/h4-8H,1-3H2,(H,17,19). The van der Waals surface area contributed by atoms with Gasteiger partial charge in [-0.2, -0.15) is 0 Å². The van der Waals surface area contributed by atoms with Gasteiger partial charge in [0.25, 0.3) is 5.91 Å². The minimum atomic E-state index is -0.366. The van der Waals surface area contributed by atoms with Gasteiger partial charge in [0.15, 0.2) is 11.5 Å². The maximum atomic E-state index is 12.1. The highest BCUT2D eigenvalue weighted by molar-refractivity contribution is 6.30. The molecule has 3 rings (SSSR count). The molecule has 1 aromatic heterocycles. The predicted octanol–water partition coefficient (Wildman–Crippen LogP) is 3.70. The molecule has 1 aliphatic rings. The van der Waals surface area contributed by atoms with Crippen LogP contribution in [0.15, 0.2) is 34.7 Å². The van der Waals surface area contributed by atoms with E-state index in [2.05, 4.69) is 5.32 Å². The van der Waals surface area contributed by atoms with Crippen LogP contribution in [0.3, 0.4) is 0 Å². The molecule has 1 aromatic carbocycles.